The Hall–Kier alpha value is -1.68. The first-order valence-electron chi connectivity index (χ1n) is 9.29. The molecule has 2 aliphatic rings. The summed E-state index contributed by atoms with van der Waals surface area (Å²) in [5.74, 6) is 2.47. The van der Waals surface area contributed by atoms with Gasteiger partial charge in [-0.15, -0.1) is 0 Å². The Morgan fingerprint density at radius 2 is 1.92 bits per heavy atom. The molecule has 1 aromatic rings. The standard InChI is InChI=1S/C21H32N2O2/c1-20(2,3)16(12-21(4,5)22)14-6-8-15(9-7-14)18-19-17(13-23-18)24-10-11-25-19/h6-8,13,15-16,23H,9-12,22H2,1-5H3. The number of hydrogen-bond donors (Lipinski definition) is 2. The van der Waals surface area contributed by atoms with E-state index < -0.39 is 0 Å². The highest BCUT2D eigenvalue weighted by atomic mass is 16.6. The monoisotopic (exact) mass is 344 g/mol. The van der Waals surface area contributed by atoms with Crippen LogP contribution in [0.5, 0.6) is 11.5 Å². The zero-order chi connectivity index (χ0) is 18.2. The zero-order valence-corrected chi connectivity index (χ0v) is 16.2. The van der Waals surface area contributed by atoms with E-state index in [9.17, 15) is 0 Å². The average molecular weight is 344 g/mol. The van der Waals surface area contributed by atoms with Gasteiger partial charge >= 0.3 is 0 Å². The van der Waals surface area contributed by atoms with Crippen molar-refractivity contribution in [2.75, 3.05) is 13.2 Å². The Kier molecular flexibility index (Phi) is 4.76. The second kappa shape index (κ2) is 6.56. The lowest BCUT2D eigenvalue weighted by Crippen LogP contribution is -2.38. The predicted molar refractivity (Wildman–Crippen MR) is 102 cm³/mol. The van der Waals surface area contributed by atoms with Gasteiger partial charge in [0.1, 0.15) is 13.2 Å². The maximum atomic E-state index is 6.33. The minimum absolute atomic E-state index is 0.173. The fourth-order valence-corrected chi connectivity index (χ4v) is 3.79. The number of hydrogen-bond acceptors (Lipinski definition) is 3. The molecule has 138 valence electrons. The van der Waals surface area contributed by atoms with Gasteiger partial charge in [-0.25, -0.2) is 0 Å². The molecule has 1 aliphatic heterocycles. The topological polar surface area (TPSA) is 60.3 Å². The van der Waals surface area contributed by atoms with Crippen molar-refractivity contribution in [2.24, 2.45) is 17.1 Å². The lowest BCUT2D eigenvalue weighted by atomic mass is 9.69. The van der Waals surface area contributed by atoms with Crippen LogP contribution in [0.1, 0.15) is 59.1 Å². The van der Waals surface area contributed by atoms with Gasteiger partial charge in [0, 0.05) is 17.7 Å². The van der Waals surface area contributed by atoms with E-state index >= 15 is 0 Å². The van der Waals surface area contributed by atoms with Gasteiger partial charge in [0.25, 0.3) is 0 Å². The van der Waals surface area contributed by atoms with E-state index in [1.165, 1.54) is 5.57 Å². The normalized spacial score (nSPS) is 21.8. The minimum atomic E-state index is -0.173. The van der Waals surface area contributed by atoms with E-state index in [0.717, 1.165) is 30.0 Å². The second-order valence-electron chi connectivity index (χ2n) is 9.11. The number of nitrogens with two attached hydrogens (primary N) is 1. The molecule has 2 heterocycles. The van der Waals surface area contributed by atoms with Crippen molar-refractivity contribution in [3.05, 3.63) is 35.7 Å². The SMILES string of the molecule is CC(C)(N)CC(C1=CCC(c2[nH]cc3c2OCCO3)C=C1)C(C)(C)C. The Bertz CT molecular complexity index is 671. The molecule has 2 unspecified atom stereocenters. The molecular formula is C21H32N2O2. The zero-order valence-electron chi connectivity index (χ0n) is 16.2. The highest BCUT2D eigenvalue weighted by Crippen LogP contribution is 2.43. The smallest absolute Gasteiger partial charge is 0.182 e. The first-order chi connectivity index (χ1) is 11.6. The van der Waals surface area contributed by atoms with Crippen LogP contribution in [0, 0.1) is 11.3 Å². The summed E-state index contributed by atoms with van der Waals surface area (Å²) in [5, 5.41) is 0. The average Bonchev–Trinajstić information content (AvgIpc) is 2.95. The van der Waals surface area contributed by atoms with E-state index in [4.69, 9.17) is 15.2 Å². The van der Waals surface area contributed by atoms with Crippen molar-refractivity contribution in [1.82, 2.24) is 4.98 Å². The molecule has 0 radical (unpaired) electrons. The van der Waals surface area contributed by atoms with Crippen LogP contribution in [0.15, 0.2) is 30.0 Å². The molecule has 0 amide bonds. The molecule has 0 saturated carbocycles. The lowest BCUT2D eigenvalue weighted by Gasteiger charge is -2.37. The largest absolute Gasteiger partial charge is 0.485 e. The molecule has 0 spiro atoms. The quantitative estimate of drug-likeness (QED) is 0.842. The molecule has 1 aliphatic carbocycles. The van der Waals surface area contributed by atoms with E-state index in [-0.39, 0.29) is 11.0 Å². The van der Waals surface area contributed by atoms with Gasteiger partial charge in [0.15, 0.2) is 11.5 Å². The first-order valence-corrected chi connectivity index (χ1v) is 9.29. The Morgan fingerprint density at radius 3 is 2.52 bits per heavy atom. The number of fused-ring (bicyclic) bond motifs is 1. The fourth-order valence-electron chi connectivity index (χ4n) is 3.79. The molecule has 3 rings (SSSR count). The molecule has 4 nitrogen and oxygen atoms in total. The van der Waals surface area contributed by atoms with Gasteiger partial charge in [-0.1, -0.05) is 39.0 Å². The van der Waals surface area contributed by atoms with Crippen molar-refractivity contribution in [3.63, 3.8) is 0 Å². The highest BCUT2D eigenvalue weighted by Gasteiger charge is 2.32. The van der Waals surface area contributed by atoms with Crippen LogP contribution in [0.2, 0.25) is 0 Å². The Labute approximate surface area is 151 Å². The van der Waals surface area contributed by atoms with Crippen LogP contribution in [0.3, 0.4) is 0 Å². The molecule has 0 bridgehead atoms. The van der Waals surface area contributed by atoms with E-state index in [1.807, 2.05) is 6.20 Å². The van der Waals surface area contributed by atoms with Gasteiger partial charge in [0.2, 0.25) is 0 Å². The Balaban J connectivity index is 1.77. The van der Waals surface area contributed by atoms with Crippen molar-refractivity contribution in [3.8, 4) is 11.5 Å². The number of aromatic amines is 1. The third-order valence-corrected chi connectivity index (χ3v) is 5.09. The fraction of sp³-hybridized carbons (Fsp3) is 0.619. The summed E-state index contributed by atoms with van der Waals surface area (Å²) in [6, 6.07) is 0. The molecule has 0 saturated heterocycles. The molecule has 4 heteroatoms. The predicted octanol–water partition coefficient (Wildman–Crippen LogP) is 4.55. The lowest BCUT2D eigenvalue weighted by molar-refractivity contribution is 0.171. The molecule has 0 fully saturated rings. The van der Waals surface area contributed by atoms with Crippen LogP contribution in [-0.4, -0.2) is 23.7 Å². The van der Waals surface area contributed by atoms with Gasteiger partial charge in [-0.3, -0.25) is 0 Å². The number of ether oxygens (including phenoxy) is 2. The van der Waals surface area contributed by atoms with E-state index in [0.29, 0.717) is 25.0 Å². The van der Waals surface area contributed by atoms with Crippen LogP contribution in [-0.2, 0) is 0 Å². The van der Waals surface area contributed by atoms with Crippen LogP contribution < -0.4 is 15.2 Å². The number of aromatic nitrogens is 1. The third-order valence-electron chi connectivity index (χ3n) is 5.09. The number of nitrogens with one attached hydrogen (secondary N) is 1. The Morgan fingerprint density at radius 1 is 1.20 bits per heavy atom. The minimum Gasteiger partial charge on any atom is -0.485 e. The van der Waals surface area contributed by atoms with E-state index in [2.05, 4.69) is 57.8 Å². The van der Waals surface area contributed by atoms with Gasteiger partial charge in [0.05, 0.1) is 5.69 Å². The summed E-state index contributed by atoms with van der Waals surface area (Å²) >= 11 is 0. The van der Waals surface area contributed by atoms with Crippen LogP contribution >= 0.6 is 0 Å². The third kappa shape index (κ3) is 4.12. The summed E-state index contributed by atoms with van der Waals surface area (Å²) in [6.45, 7) is 12.4. The number of rotatable bonds is 4. The maximum Gasteiger partial charge on any atom is 0.182 e. The molecule has 3 N–H and O–H groups in total. The van der Waals surface area contributed by atoms with Crippen molar-refractivity contribution < 1.29 is 9.47 Å². The second-order valence-corrected chi connectivity index (χ2v) is 9.11. The molecule has 1 aromatic heterocycles. The van der Waals surface area contributed by atoms with Crippen molar-refractivity contribution in [2.45, 2.75) is 58.9 Å². The van der Waals surface area contributed by atoms with Gasteiger partial charge in [-0.2, -0.15) is 0 Å². The number of allylic oxidation sites excluding steroid dienone is 4. The molecule has 25 heavy (non-hydrogen) atoms. The molecule has 0 aromatic carbocycles. The first kappa shape index (κ1) is 18.1. The van der Waals surface area contributed by atoms with Gasteiger partial charge in [-0.05, 0) is 43.6 Å². The van der Waals surface area contributed by atoms with Crippen molar-refractivity contribution in [1.29, 1.82) is 0 Å². The number of H-pyrrole nitrogens is 1. The van der Waals surface area contributed by atoms with Crippen molar-refractivity contribution >= 4 is 0 Å². The van der Waals surface area contributed by atoms with E-state index in [1.54, 1.807) is 0 Å². The molecule has 2 atom stereocenters. The summed E-state index contributed by atoms with van der Waals surface area (Å²) < 4.78 is 11.5. The highest BCUT2D eigenvalue weighted by molar-refractivity contribution is 5.48. The van der Waals surface area contributed by atoms with Gasteiger partial charge < -0.3 is 20.2 Å². The van der Waals surface area contributed by atoms with Crippen LogP contribution in [0.25, 0.3) is 0 Å². The summed E-state index contributed by atoms with van der Waals surface area (Å²) in [6.07, 6.45) is 10.8. The van der Waals surface area contributed by atoms with Crippen LogP contribution in [0.4, 0.5) is 0 Å². The maximum absolute atomic E-state index is 6.33. The summed E-state index contributed by atoms with van der Waals surface area (Å²) in [7, 11) is 0. The summed E-state index contributed by atoms with van der Waals surface area (Å²) in [5.41, 5.74) is 8.86. The summed E-state index contributed by atoms with van der Waals surface area (Å²) in [4.78, 5) is 3.35. The molecular weight excluding hydrogens is 312 g/mol.